The van der Waals surface area contributed by atoms with Gasteiger partial charge in [-0.2, -0.15) is 0 Å². The number of carbonyl (C=O) groups excluding carboxylic acids is 2. The van der Waals surface area contributed by atoms with Crippen molar-refractivity contribution in [2.45, 2.75) is 6.92 Å². The van der Waals surface area contributed by atoms with Crippen molar-refractivity contribution in [3.05, 3.63) is 17.1 Å². The molecule has 2 aromatic rings. The van der Waals surface area contributed by atoms with Crippen LogP contribution in [0, 0.1) is 6.92 Å². The average molecular weight is 352 g/mol. The standard InChI is InChI=1S/C14H16N4O5S/c1-7-17-18-14(24-7)16-13(20)12(19)15-8-5-9(21-2)11(23-4)10(6-8)22-3/h5-6H,1-4H3,(H,15,19)(H,16,18,20). The Labute approximate surface area is 141 Å². The molecule has 0 unspecified atom stereocenters. The lowest BCUT2D eigenvalue weighted by Gasteiger charge is -2.14. The van der Waals surface area contributed by atoms with Crippen molar-refractivity contribution in [3.63, 3.8) is 0 Å². The van der Waals surface area contributed by atoms with Crippen molar-refractivity contribution in [3.8, 4) is 17.2 Å². The van der Waals surface area contributed by atoms with Crippen LogP contribution in [0.25, 0.3) is 0 Å². The third-order valence-corrected chi connectivity index (χ3v) is 3.63. The number of anilines is 2. The predicted octanol–water partition coefficient (Wildman–Crippen LogP) is 1.45. The van der Waals surface area contributed by atoms with Gasteiger partial charge in [-0.25, -0.2) is 0 Å². The molecule has 2 amide bonds. The summed E-state index contributed by atoms with van der Waals surface area (Å²) in [6.07, 6.45) is 0. The molecule has 1 aromatic carbocycles. The van der Waals surface area contributed by atoms with Gasteiger partial charge in [0.05, 0.1) is 21.3 Å². The van der Waals surface area contributed by atoms with Crippen LogP contribution in [0.1, 0.15) is 5.01 Å². The topological polar surface area (TPSA) is 112 Å². The second-order valence-electron chi connectivity index (χ2n) is 4.45. The monoisotopic (exact) mass is 352 g/mol. The van der Waals surface area contributed by atoms with Crippen LogP contribution in [0.5, 0.6) is 17.2 Å². The summed E-state index contributed by atoms with van der Waals surface area (Å²) in [5.74, 6) is -0.636. The number of benzene rings is 1. The van der Waals surface area contributed by atoms with Gasteiger partial charge in [-0.05, 0) is 6.92 Å². The van der Waals surface area contributed by atoms with Gasteiger partial charge in [0.15, 0.2) is 11.5 Å². The van der Waals surface area contributed by atoms with Gasteiger partial charge in [0.1, 0.15) is 5.01 Å². The molecule has 0 fully saturated rings. The van der Waals surface area contributed by atoms with Crippen LogP contribution < -0.4 is 24.8 Å². The van der Waals surface area contributed by atoms with E-state index in [1.807, 2.05) is 0 Å². The van der Waals surface area contributed by atoms with Gasteiger partial charge in [-0.1, -0.05) is 11.3 Å². The number of nitrogens with one attached hydrogen (secondary N) is 2. The number of carbonyl (C=O) groups is 2. The minimum Gasteiger partial charge on any atom is -0.493 e. The number of rotatable bonds is 5. The average Bonchev–Trinajstić information content (AvgIpc) is 2.98. The molecule has 128 valence electrons. The molecular formula is C14H16N4O5S. The van der Waals surface area contributed by atoms with Crippen LogP contribution in [0.3, 0.4) is 0 Å². The van der Waals surface area contributed by atoms with Crippen molar-refractivity contribution >= 4 is 34.0 Å². The minimum absolute atomic E-state index is 0.248. The van der Waals surface area contributed by atoms with E-state index in [2.05, 4.69) is 20.8 Å². The lowest BCUT2D eigenvalue weighted by Crippen LogP contribution is -2.29. The summed E-state index contributed by atoms with van der Waals surface area (Å²) in [5.41, 5.74) is 0.318. The van der Waals surface area contributed by atoms with Gasteiger partial charge < -0.3 is 19.5 Å². The number of methoxy groups -OCH3 is 3. The van der Waals surface area contributed by atoms with Crippen LogP contribution in [0.4, 0.5) is 10.8 Å². The summed E-state index contributed by atoms with van der Waals surface area (Å²) in [5, 5.41) is 13.2. The van der Waals surface area contributed by atoms with E-state index in [1.165, 1.54) is 44.8 Å². The molecule has 9 nitrogen and oxygen atoms in total. The Morgan fingerprint density at radius 1 is 0.958 bits per heavy atom. The number of ether oxygens (including phenoxy) is 3. The molecule has 10 heteroatoms. The fraction of sp³-hybridized carbons (Fsp3) is 0.286. The first-order chi connectivity index (χ1) is 11.5. The van der Waals surface area contributed by atoms with Crippen LogP contribution in [-0.4, -0.2) is 43.3 Å². The summed E-state index contributed by atoms with van der Waals surface area (Å²) in [7, 11) is 4.37. The number of amides is 2. The van der Waals surface area contributed by atoms with E-state index in [9.17, 15) is 9.59 Å². The SMILES string of the molecule is COc1cc(NC(=O)C(=O)Nc2nnc(C)s2)cc(OC)c1OC. The summed E-state index contributed by atoms with van der Waals surface area (Å²) in [4.78, 5) is 23.9. The molecule has 0 spiro atoms. The molecule has 0 saturated heterocycles. The largest absolute Gasteiger partial charge is 0.493 e. The molecule has 0 atom stereocenters. The molecular weight excluding hydrogens is 336 g/mol. The van der Waals surface area contributed by atoms with Crippen molar-refractivity contribution in [1.29, 1.82) is 0 Å². The molecule has 0 saturated carbocycles. The second-order valence-corrected chi connectivity index (χ2v) is 5.63. The number of aryl methyl sites for hydroxylation is 1. The lowest BCUT2D eigenvalue weighted by molar-refractivity contribution is -0.133. The van der Waals surface area contributed by atoms with Gasteiger partial charge in [0.25, 0.3) is 0 Å². The van der Waals surface area contributed by atoms with Crippen LogP contribution >= 0.6 is 11.3 Å². The quantitative estimate of drug-likeness (QED) is 0.783. The van der Waals surface area contributed by atoms with Crippen molar-refractivity contribution in [2.24, 2.45) is 0 Å². The maximum atomic E-state index is 12.0. The zero-order chi connectivity index (χ0) is 17.7. The summed E-state index contributed by atoms with van der Waals surface area (Å²) >= 11 is 1.17. The van der Waals surface area contributed by atoms with Crippen molar-refractivity contribution in [2.75, 3.05) is 32.0 Å². The highest BCUT2D eigenvalue weighted by atomic mass is 32.1. The summed E-state index contributed by atoms with van der Waals surface area (Å²) in [6, 6.07) is 3.03. The van der Waals surface area contributed by atoms with E-state index in [0.29, 0.717) is 27.9 Å². The Kier molecular flexibility index (Phi) is 5.53. The highest BCUT2D eigenvalue weighted by molar-refractivity contribution is 7.15. The minimum atomic E-state index is -0.864. The van der Waals surface area contributed by atoms with E-state index in [0.717, 1.165) is 0 Å². The summed E-state index contributed by atoms with van der Waals surface area (Å²) < 4.78 is 15.6. The number of hydrogen-bond donors (Lipinski definition) is 2. The number of aromatic nitrogens is 2. The molecule has 2 rings (SSSR count). The van der Waals surface area contributed by atoms with Gasteiger partial charge in [-0.3, -0.25) is 14.9 Å². The number of hydrogen-bond acceptors (Lipinski definition) is 8. The molecule has 24 heavy (non-hydrogen) atoms. The molecule has 2 N–H and O–H groups in total. The Hall–Kier alpha value is -2.88. The Morgan fingerprint density at radius 3 is 2.00 bits per heavy atom. The zero-order valence-corrected chi connectivity index (χ0v) is 14.3. The first kappa shape index (κ1) is 17.5. The van der Waals surface area contributed by atoms with Crippen molar-refractivity contribution < 1.29 is 23.8 Å². The van der Waals surface area contributed by atoms with Gasteiger partial charge in [-0.15, -0.1) is 10.2 Å². The third kappa shape index (κ3) is 3.90. The second kappa shape index (κ2) is 7.59. The van der Waals surface area contributed by atoms with E-state index in [1.54, 1.807) is 6.92 Å². The predicted molar refractivity (Wildman–Crippen MR) is 88.0 cm³/mol. The van der Waals surface area contributed by atoms with Crippen LogP contribution in [0.2, 0.25) is 0 Å². The van der Waals surface area contributed by atoms with Gasteiger partial charge in [0.2, 0.25) is 10.9 Å². The Balaban J connectivity index is 2.14. The molecule has 0 aliphatic heterocycles. The zero-order valence-electron chi connectivity index (χ0n) is 13.5. The highest BCUT2D eigenvalue weighted by Crippen LogP contribution is 2.39. The lowest BCUT2D eigenvalue weighted by atomic mass is 10.2. The highest BCUT2D eigenvalue weighted by Gasteiger charge is 2.19. The molecule has 0 bridgehead atoms. The van der Waals surface area contributed by atoms with E-state index in [-0.39, 0.29) is 5.13 Å². The van der Waals surface area contributed by atoms with Crippen LogP contribution in [-0.2, 0) is 9.59 Å². The Bertz CT molecular complexity index is 736. The fourth-order valence-electron chi connectivity index (χ4n) is 1.84. The van der Waals surface area contributed by atoms with E-state index < -0.39 is 11.8 Å². The molecule has 1 heterocycles. The number of nitrogens with zero attached hydrogens (tertiary/aromatic N) is 2. The maximum Gasteiger partial charge on any atom is 0.315 e. The molecule has 0 aliphatic carbocycles. The molecule has 0 radical (unpaired) electrons. The maximum absolute atomic E-state index is 12.0. The van der Waals surface area contributed by atoms with Gasteiger partial charge in [0, 0.05) is 17.8 Å². The van der Waals surface area contributed by atoms with Crippen molar-refractivity contribution in [1.82, 2.24) is 10.2 Å². The molecule has 0 aliphatic rings. The normalized spacial score (nSPS) is 10.0. The fourth-order valence-corrected chi connectivity index (χ4v) is 2.43. The smallest absolute Gasteiger partial charge is 0.315 e. The Morgan fingerprint density at radius 2 is 1.54 bits per heavy atom. The van der Waals surface area contributed by atoms with E-state index in [4.69, 9.17) is 14.2 Å². The first-order valence-corrected chi connectivity index (χ1v) is 7.52. The first-order valence-electron chi connectivity index (χ1n) is 6.71. The van der Waals surface area contributed by atoms with Crippen LogP contribution in [0.15, 0.2) is 12.1 Å². The summed E-state index contributed by atoms with van der Waals surface area (Å²) in [6.45, 7) is 1.74. The molecule has 1 aromatic heterocycles. The third-order valence-electron chi connectivity index (χ3n) is 2.88. The van der Waals surface area contributed by atoms with Gasteiger partial charge >= 0.3 is 11.8 Å². The van der Waals surface area contributed by atoms with E-state index >= 15 is 0 Å².